The molecule has 0 aliphatic carbocycles. The van der Waals surface area contributed by atoms with Crippen LogP contribution >= 0.6 is 23.1 Å². The number of nitrogens with zero attached hydrogens (tertiary/aromatic N) is 1. The van der Waals surface area contributed by atoms with Gasteiger partial charge in [0.05, 0.1) is 23.7 Å². The Labute approximate surface area is 185 Å². The first-order chi connectivity index (χ1) is 14.9. The summed E-state index contributed by atoms with van der Waals surface area (Å²) in [4.78, 5) is 43.6. The van der Waals surface area contributed by atoms with Crippen molar-refractivity contribution in [3.63, 3.8) is 0 Å². The number of aromatic amines is 1. The number of hydrogen-bond donors (Lipinski definition) is 2. The van der Waals surface area contributed by atoms with E-state index in [2.05, 4.69) is 4.98 Å². The number of methoxy groups -OCH3 is 1. The summed E-state index contributed by atoms with van der Waals surface area (Å²) in [6, 6.07) is 12.1. The van der Waals surface area contributed by atoms with Crippen LogP contribution in [0.3, 0.4) is 0 Å². The van der Waals surface area contributed by atoms with Crippen molar-refractivity contribution in [1.82, 2.24) is 4.98 Å². The molecule has 5 rings (SSSR count). The highest BCUT2D eigenvalue weighted by Gasteiger charge is 2.56. The minimum Gasteiger partial charge on any atom is -0.504 e. The highest BCUT2D eigenvalue weighted by atomic mass is 32.2. The summed E-state index contributed by atoms with van der Waals surface area (Å²) in [5.74, 6) is -1.53. The van der Waals surface area contributed by atoms with E-state index >= 15 is 0 Å². The van der Waals surface area contributed by atoms with Crippen molar-refractivity contribution in [2.75, 3.05) is 12.0 Å². The van der Waals surface area contributed by atoms with E-state index in [0.717, 1.165) is 21.8 Å². The number of hydrogen-bond acceptors (Lipinski definition) is 7. The van der Waals surface area contributed by atoms with Crippen LogP contribution in [-0.4, -0.2) is 34.3 Å². The van der Waals surface area contributed by atoms with Crippen LogP contribution in [0, 0.1) is 12.8 Å². The van der Waals surface area contributed by atoms with Crippen molar-refractivity contribution in [2.45, 2.75) is 23.1 Å². The van der Waals surface area contributed by atoms with E-state index < -0.39 is 17.1 Å². The van der Waals surface area contributed by atoms with Crippen molar-refractivity contribution in [1.29, 1.82) is 0 Å². The van der Waals surface area contributed by atoms with Crippen molar-refractivity contribution in [3.05, 3.63) is 68.1 Å². The minimum atomic E-state index is -0.674. The van der Waals surface area contributed by atoms with E-state index in [1.165, 1.54) is 29.8 Å². The van der Waals surface area contributed by atoms with Gasteiger partial charge in [0.25, 0.3) is 0 Å². The SMILES string of the molecule is COc1cc([C@@H]2c3sc(=O)[nH]c3S[C@@H]3C(=O)N(c4ccc(C)cc4)C(=O)[C@H]23)ccc1O. The Morgan fingerprint density at radius 3 is 2.52 bits per heavy atom. The highest BCUT2D eigenvalue weighted by Crippen LogP contribution is 2.53. The van der Waals surface area contributed by atoms with Gasteiger partial charge < -0.3 is 14.8 Å². The van der Waals surface area contributed by atoms with Gasteiger partial charge in [-0.05, 0) is 36.8 Å². The lowest BCUT2D eigenvalue weighted by molar-refractivity contribution is -0.122. The fraction of sp³-hybridized carbons (Fsp3) is 0.227. The molecule has 0 unspecified atom stereocenters. The van der Waals surface area contributed by atoms with Crippen molar-refractivity contribution in [2.24, 2.45) is 5.92 Å². The van der Waals surface area contributed by atoms with Crippen LogP contribution in [0.2, 0.25) is 0 Å². The third-order valence-electron chi connectivity index (χ3n) is 5.68. The van der Waals surface area contributed by atoms with Crippen molar-refractivity contribution >= 4 is 40.6 Å². The largest absolute Gasteiger partial charge is 0.504 e. The molecule has 7 nitrogen and oxygen atoms in total. The number of amides is 2. The van der Waals surface area contributed by atoms with Crippen LogP contribution in [0.5, 0.6) is 11.5 Å². The van der Waals surface area contributed by atoms with E-state index in [1.54, 1.807) is 24.3 Å². The van der Waals surface area contributed by atoms with Crippen molar-refractivity contribution < 1.29 is 19.4 Å². The van der Waals surface area contributed by atoms with Gasteiger partial charge in [0.2, 0.25) is 11.8 Å². The molecule has 1 saturated heterocycles. The van der Waals surface area contributed by atoms with Crippen molar-refractivity contribution in [3.8, 4) is 11.5 Å². The number of nitrogens with one attached hydrogen (secondary N) is 1. The first-order valence-electron chi connectivity index (χ1n) is 9.60. The molecule has 3 aromatic rings. The molecule has 0 radical (unpaired) electrons. The summed E-state index contributed by atoms with van der Waals surface area (Å²) in [6.07, 6.45) is 0. The lowest BCUT2D eigenvalue weighted by Crippen LogP contribution is -2.32. The number of thioether (sulfide) groups is 1. The third kappa shape index (κ3) is 3.07. The minimum absolute atomic E-state index is 0.0226. The van der Waals surface area contributed by atoms with E-state index in [0.29, 0.717) is 16.3 Å². The predicted molar refractivity (Wildman–Crippen MR) is 118 cm³/mol. The predicted octanol–water partition coefficient (Wildman–Crippen LogP) is 3.25. The lowest BCUT2D eigenvalue weighted by atomic mass is 9.83. The average molecular weight is 455 g/mol. The molecule has 31 heavy (non-hydrogen) atoms. The summed E-state index contributed by atoms with van der Waals surface area (Å²) in [6.45, 7) is 1.94. The number of aromatic hydroxyl groups is 1. The fourth-order valence-electron chi connectivity index (χ4n) is 4.21. The Balaban J connectivity index is 1.66. The smallest absolute Gasteiger partial charge is 0.305 e. The van der Waals surface area contributed by atoms with E-state index in [4.69, 9.17) is 4.74 Å². The van der Waals surface area contributed by atoms with Gasteiger partial charge in [-0.3, -0.25) is 14.4 Å². The number of aromatic nitrogens is 1. The normalized spacial score (nSPS) is 22.4. The molecular formula is C22H18N2O5S2. The zero-order valence-corrected chi connectivity index (χ0v) is 18.3. The van der Waals surface area contributed by atoms with Gasteiger partial charge in [-0.2, -0.15) is 0 Å². The zero-order chi connectivity index (χ0) is 21.9. The number of benzene rings is 2. The molecule has 0 spiro atoms. The van der Waals surface area contributed by atoms with Gasteiger partial charge in [0.1, 0.15) is 5.25 Å². The van der Waals surface area contributed by atoms with Gasteiger partial charge in [-0.25, -0.2) is 4.90 Å². The second-order valence-corrected chi connectivity index (χ2v) is 9.70. The molecule has 1 fully saturated rings. The van der Waals surface area contributed by atoms with Gasteiger partial charge in [0.15, 0.2) is 11.5 Å². The van der Waals surface area contributed by atoms with Crippen LogP contribution in [0.1, 0.15) is 21.9 Å². The average Bonchev–Trinajstić information content (AvgIpc) is 3.24. The zero-order valence-electron chi connectivity index (χ0n) is 16.6. The summed E-state index contributed by atoms with van der Waals surface area (Å²) >= 11 is 2.28. The lowest BCUT2D eigenvalue weighted by Gasteiger charge is -2.30. The van der Waals surface area contributed by atoms with Crippen LogP contribution in [0.4, 0.5) is 5.69 Å². The topological polar surface area (TPSA) is 99.7 Å². The second kappa shape index (κ2) is 7.28. The molecule has 2 aromatic carbocycles. The molecule has 2 aliphatic rings. The molecule has 158 valence electrons. The summed E-state index contributed by atoms with van der Waals surface area (Å²) in [5, 5.41) is 9.97. The molecule has 3 atom stereocenters. The van der Waals surface area contributed by atoms with Gasteiger partial charge in [-0.15, -0.1) is 0 Å². The Bertz CT molecular complexity index is 1260. The molecule has 3 heterocycles. The summed E-state index contributed by atoms with van der Waals surface area (Å²) in [7, 11) is 1.45. The first kappa shape index (κ1) is 19.9. The summed E-state index contributed by atoms with van der Waals surface area (Å²) in [5.41, 5.74) is 2.27. The van der Waals surface area contributed by atoms with Gasteiger partial charge >= 0.3 is 4.87 Å². The molecule has 0 bridgehead atoms. The van der Waals surface area contributed by atoms with Crippen LogP contribution in [0.25, 0.3) is 0 Å². The number of ether oxygens (including phenoxy) is 1. The molecule has 0 saturated carbocycles. The number of anilines is 1. The highest BCUT2D eigenvalue weighted by molar-refractivity contribution is 8.00. The van der Waals surface area contributed by atoms with E-state index in [1.807, 2.05) is 19.1 Å². The molecule has 2 aliphatic heterocycles. The van der Waals surface area contributed by atoms with Crippen LogP contribution in [0.15, 0.2) is 52.3 Å². The maximum Gasteiger partial charge on any atom is 0.305 e. The number of carbonyl (C=O) groups excluding carboxylic acids is 2. The number of fused-ring (bicyclic) bond motifs is 2. The number of carbonyl (C=O) groups is 2. The number of thiazole rings is 1. The molecule has 1 aromatic heterocycles. The Morgan fingerprint density at radius 2 is 1.81 bits per heavy atom. The van der Waals surface area contributed by atoms with Crippen LogP contribution < -0.4 is 14.5 Å². The quantitative estimate of drug-likeness (QED) is 0.590. The Kier molecular flexibility index (Phi) is 4.67. The number of H-pyrrole nitrogens is 1. The standard InChI is InChI=1S/C22H18N2O5S2/c1-10-3-6-12(7-4-10)24-20(26)16-15(11-5-8-13(25)14(9-11)29-2)17-19(23-22(28)31-17)30-18(16)21(24)27/h3-9,15-16,18,25H,1-2H3,(H,23,28)/t15-,16+,18-/m0/s1. The second-order valence-electron chi connectivity index (χ2n) is 7.53. The fourth-order valence-corrected chi connectivity index (χ4v) is 6.73. The van der Waals surface area contributed by atoms with E-state index in [9.17, 15) is 19.5 Å². The van der Waals surface area contributed by atoms with Gasteiger partial charge in [0, 0.05) is 10.8 Å². The first-order valence-corrected chi connectivity index (χ1v) is 11.3. The molecule has 2 N–H and O–H groups in total. The Hall–Kier alpha value is -3.04. The van der Waals surface area contributed by atoms with Gasteiger partial charge in [-0.1, -0.05) is 46.9 Å². The summed E-state index contributed by atoms with van der Waals surface area (Å²) < 4.78 is 5.25. The number of phenolic OH excluding ortho intramolecular Hbond substituents is 1. The maximum atomic E-state index is 13.6. The maximum absolute atomic E-state index is 13.6. The van der Waals surface area contributed by atoms with E-state index in [-0.39, 0.29) is 28.2 Å². The third-order valence-corrected chi connectivity index (χ3v) is 8.08. The number of phenols is 1. The monoisotopic (exact) mass is 454 g/mol. The molecular weight excluding hydrogens is 436 g/mol. The molecule has 2 amide bonds. The number of rotatable bonds is 3. The molecule has 9 heteroatoms. The Morgan fingerprint density at radius 1 is 1.06 bits per heavy atom. The van der Waals surface area contributed by atoms with Crippen LogP contribution in [-0.2, 0) is 9.59 Å². The number of aryl methyl sites for hydroxylation is 1. The number of imide groups is 1.